The summed E-state index contributed by atoms with van der Waals surface area (Å²) in [6.07, 6.45) is 0.538. The Hall–Kier alpha value is -2.90. The monoisotopic (exact) mass is 691 g/mol. The highest BCUT2D eigenvalue weighted by atomic mass is 35.5. The van der Waals surface area contributed by atoms with Gasteiger partial charge in [0.25, 0.3) is 0 Å². The molecule has 0 spiro atoms. The van der Waals surface area contributed by atoms with Crippen molar-refractivity contribution >= 4 is 34.2 Å². The summed E-state index contributed by atoms with van der Waals surface area (Å²) in [7, 11) is -3.33. The van der Waals surface area contributed by atoms with Crippen molar-refractivity contribution in [1.82, 2.24) is 14.7 Å². The molecule has 1 saturated carbocycles. The predicted molar refractivity (Wildman–Crippen MR) is 168 cm³/mol. The molecule has 0 bridgehead atoms. The number of carbonyl (C=O) groups is 2. The third-order valence-corrected chi connectivity index (χ3v) is 10.1. The number of benzene rings is 2. The van der Waals surface area contributed by atoms with Crippen LogP contribution in [0.2, 0.25) is 0 Å². The average molecular weight is 692 g/mol. The van der Waals surface area contributed by atoms with Crippen molar-refractivity contribution in [3.05, 3.63) is 65.2 Å². The number of sulfone groups is 1. The van der Waals surface area contributed by atoms with Crippen molar-refractivity contribution in [3.63, 3.8) is 0 Å². The molecule has 1 N–H and O–H groups in total. The number of carboxylic acid groups (broad SMARTS) is 1. The SMILES string of the molecule is CCN(C(=O)Cc1ccc(S(C)(=O)=O)cc1)C1CCN(CC[C@@H](c2cc(F)cc(F)c2)N(C(=O)O)C2CCC(F)(F)CC2)CC1.Cl. The van der Waals surface area contributed by atoms with Crippen LogP contribution in [0.1, 0.15) is 69.0 Å². The zero-order valence-electron chi connectivity index (χ0n) is 26.0. The Balaban J connectivity index is 0.00000576. The van der Waals surface area contributed by atoms with Gasteiger partial charge in [-0.3, -0.25) is 9.69 Å². The molecule has 1 aliphatic heterocycles. The third kappa shape index (κ3) is 9.80. The third-order valence-electron chi connectivity index (χ3n) is 8.99. The second-order valence-corrected chi connectivity index (χ2v) is 14.1. The second kappa shape index (κ2) is 15.8. The van der Waals surface area contributed by atoms with E-state index >= 15 is 0 Å². The maximum atomic E-state index is 14.2. The number of rotatable bonds is 11. The summed E-state index contributed by atoms with van der Waals surface area (Å²) < 4.78 is 79.7. The number of alkyl halides is 2. The van der Waals surface area contributed by atoms with Gasteiger partial charge in [-0.2, -0.15) is 0 Å². The first-order valence-corrected chi connectivity index (χ1v) is 17.2. The van der Waals surface area contributed by atoms with E-state index in [0.717, 1.165) is 23.3 Å². The van der Waals surface area contributed by atoms with Gasteiger partial charge in [0.1, 0.15) is 11.6 Å². The van der Waals surface area contributed by atoms with Crippen LogP contribution in [0.4, 0.5) is 22.4 Å². The van der Waals surface area contributed by atoms with Crippen molar-refractivity contribution < 1.29 is 40.7 Å². The minimum absolute atomic E-state index is 0. The van der Waals surface area contributed by atoms with Gasteiger partial charge in [-0.1, -0.05) is 12.1 Å². The molecular weight excluding hydrogens is 650 g/mol. The van der Waals surface area contributed by atoms with E-state index < -0.39 is 58.4 Å². The van der Waals surface area contributed by atoms with Gasteiger partial charge < -0.3 is 14.9 Å². The Bertz CT molecular complexity index is 1430. The summed E-state index contributed by atoms with van der Waals surface area (Å²) in [5.41, 5.74) is 0.863. The first-order chi connectivity index (χ1) is 21.2. The first-order valence-electron chi connectivity index (χ1n) is 15.3. The van der Waals surface area contributed by atoms with E-state index in [4.69, 9.17) is 0 Å². The molecule has 0 unspecified atom stereocenters. The summed E-state index contributed by atoms with van der Waals surface area (Å²) in [5.74, 6) is -4.60. The molecule has 1 atom stereocenters. The molecule has 1 heterocycles. The summed E-state index contributed by atoms with van der Waals surface area (Å²) in [4.78, 5) is 30.9. The van der Waals surface area contributed by atoms with Crippen molar-refractivity contribution in [1.29, 1.82) is 0 Å². The number of hydrogen-bond donors (Lipinski definition) is 1. The minimum atomic E-state index is -3.33. The molecule has 14 heteroatoms. The van der Waals surface area contributed by atoms with Gasteiger partial charge in [-0.25, -0.2) is 30.8 Å². The van der Waals surface area contributed by atoms with Gasteiger partial charge in [-0.05, 0) is 74.4 Å². The summed E-state index contributed by atoms with van der Waals surface area (Å²) in [6, 6.07) is 7.56. The first kappa shape index (κ1) is 37.6. The Morgan fingerprint density at radius 1 is 0.978 bits per heavy atom. The van der Waals surface area contributed by atoms with E-state index in [1.54, 1.807) is 12.1 Å². The number of likely N-dealkylation sites (tertiary alicyclic amines) is 1. The van der Waals surface area contributed by atoms with Crippen LogP contribution in [-0.4, -0.2) is 90.7 Å². The number of nitrogens with zero attached hydrogens (tertiary/aromatic N) is 3. The van der Waals surface area contributed by atoms with Gasteiger partial charge >= 0.3 is 6.09 Å². The van der Waals surface area contributed by atoms with Crippen molar-refractivity contribution in [2.75, 3.05) is 32.4 Å². The lowest BCUT2D eigenvalue weighted by atomic mass is 9.89. The molecule has 2 aliphatic rings. The number of amides is 2. The smallest absolute Gasteiger partial charge is 0.408 e. The summed E-state index contributed by atoms with van der Waals surface area (Å²) in [6.45, 7) is 4.05. The number of likely N-dealkylation sites (N-methyl/N-ethyl adjacent to an activating group) is 1. The van der Waals surface area contributed by atoms with Crippen LogP contribution in [0.3, 0.4) is 0 Å². The predicted octanol–water partition coefficient (Wildman–Crippen LogP) is 6.33. The summed E-state index contributed by atoms with van der Waals surface area (Å²) in [5, 5.41) is 10.2. The fourth-order valence-electron chi connectivity index (χ4n) is 6.61. The van der Waals surface area contributed by atoms with Crippen LogP contribution in [0.15, 0.2) is 47.4 Å². The zero-order valence-corrected chi connectivity index (χ0v) is 27.6. The number of halogens is 5. The topological polar surface area (TPSA) is 98.2 Å². The van der Waals surface area contributed by atoms with E-state index in [1.807, 2.05) is 11.8 Å². The molecule has 2 amide bonds. The van der Waals surface area contributed by atoms with Gasteiger partial charge in [-0.15, -0.1) is 12.4 Å². The molecule has 2 aromatic carbocycles. The van der Waals surface area contributed by atoms with Gasteiger partial charge in [0, 0.05) is 63.4 Å². The van der Waals surface area contributed by atoms with E-state index in [0.29, 0.717) is 50.7 Å². The van der Waals surface area contributed by atoms with Crippen LogP contribution in [0.25, 0.3) is 0 Å². The Morgan fingerprint density at radius 2 is 1.54 bits per heavy atom. The van der Waals surface area contributed by atoms with Crippen molar-refractivity contribution in [2.24, 2.45) is 0 Å². The lowest BCUT2D eigenvalue weighted by Gasteiger charge is -2.42. The Morgan fingerprint density at radius 3 is 2.04 bits per heavy atom. The maximum absolute atomic E-state index is 14.2. The highest BCUT2D eigenvalue weighted by Crippen LogP contribution is 2.39. The highest BCUT2D eigenvalue weighted by Gasteiger charge is 2.41. The molecule has 0 aromatic heterocycles. The van der Waals surface area contributed by atoms with Gasteiger partial charge in [0.2, 0.25) is 11.8 Å². The molecule has 1 saturated heterocycles. The fraction of sp³-hybridized carbons (Fsp3) is 0.562. The molecule has 1 aliphatic carbocycles. The molecule has 2 aromatic rings. The van der Waals surface area contributed by atoms with Crippen LogP contribution in [-0.2, 0) is 21.1 Å². The molecule has 4 rings (SSSR count). The maximum Gasteiger partial charge on any atom is 0.408 e. The van der Waals surface area contributed by atoms with Crippen LogP contribution in [0, 0.1) is 11.6 Å². The molecule has 2 fully saturated rings. The van der Waals surface area contributed by atoms with E-state index in [9.17, 15) is 40.7 Å². The van der Waals surface area contributed by atoms with Crippen molar-refractivity contribution in [2.45, 2.75) is 87.2 Å². The fourth-order valence-corrected chi connectivity index (χ4v) is 7.24. The van der Waals surface area contributed by atoms with E-state index in [-0.39, 0.29) is 60.5 Å². The molecular formula is C32H42ClF4N3O5S. The lowest BCUT2D eigenvalue weighted by molar-refractivity contribution is -0.133. The number of piperidine rings is 1. The molecule has 0 radical (unpaired) electrons. The Kier molecular flexibility index (Phi) is 12.9. The van der Waals surface area contributed by atoms with Gasteiger partial charge in [0.05, 0.1) is 17.4 Å². The van der Waals surface area contributed by atoms with Gasteiger partial charge in [0.15, 0.2) is 9.84 Å². The highest BCUT2D eigenvalue weighted by molar-refractivity contribution is 7.90. The second-order valence-electron chi connectivity index (χ2n) is 12.1. The number of carbonyl (C=O) groups excluding carboxylic acids is 1. The van der Waals surface area contributed by atoms with Crippen LogP contribution in [0.5, 0.6) is 0 Å². The van der Waals surface area contributed by atoms with Crippen LogP contribution >= 0.6 is 12.4 Å². The average Bonchev–Trinajstić information content (AvgIpc) is 2.96. The minimum Gasteiger partial charge on any atom is -0.465 e. The normalized spacial score (nSPS) is 18.4. The molecule has 46 heavy (non-hydrogen) atoms. The van der Waals surface area contributed by atoms with E-state index in [1.165, 1.54) is 12.1 Å². The quantitative estimate of drug-likeness (QED) is 0.277. The summed E-state index contributed by atoms with van der Waals surface area (Å²) >= 11 is 0. The lowest BCUT2D eigenvalue weighted by Crippen LogP contribution is -2.49. The zero-order chi connectivity index (χ0) is 32.9. The molecule has 8 nitrogen and oxygen atoms in total. The largest absolute Gasteiger partial charge is 0.465 e. The molecule has 256 valence electrons. The number of hydrogen-bond acceptors (Lipinski definition) is 5. The van der Waals surface area contributed by atoms with Crippen LogP contribution < -0.4 is 0 Å². The van der Waals surface area contributed by atoms with Crippen molar-refractivity contribution in [3.8, 4) is 0 Å². The Labute approximate surface area is 274 Å². The van der Waals surface area contributed by atoms with E-state index in [2.05, 4.69) is 4.90 Å². The standard InChI is InChI=1S/C32H41F4N3O5S.ClH/c1-3-38(30(40)18-22-4-6-28(7-5-22)45(2,43)44)26-10-15-37(16-11-26)17-12-29(23-19-24(33)21-25(34)20-23)39(31(41)42)27-8-13-32(35,36)14-9-27;/h4-7,19-21,26-27,29H,3,8-18H2,1-2H3,(H,41,42);1H/t29-;/m0./s1.